The van der Waals surface area contributed by atoms with Crippen molar-refractivity contribution in [2.75, 3.05) is 17.2 Å². The molecule has 2 N–H and O–H groups in total. The number of nitrogens with zero attached hydrogens (tertiary/aromatic N) is 1. The van der Waals surface area contributed by atoms with Gasteiger partial charge in [-0.3, -0.25) is 9.59 Å². The zero-order valence-electron chi connectivity index (χ0n) is 16.5. The molecular formula is C23H25N3O3. The number of rotatable bonds is 6. The van der Waals surface area contributed by atoms with Crippen molar-refractivity contribution in [2.45, 2.75) is 32.6 Å². The average Bonchev–Trinajstić information content (AvgIpc) is 2.75. The SMILES string of the molecule is CCOc1ccccc1NC(=O)C1CCC(C(=O)Nc2ccccc2C#N)CC1. The highest BCUT2D eigenvalue weighted by atomic mass is 16.5. The van der Waals surface area contributed by atoms with Crippen LogP contribution in [0.3, 0.4) is 0 Å². The second-order valence-corrected chi connectivity index (χ2v) is 7.11. The summed E-state index contributed by atoms with van der Waals surface area (Å²) in [5.74, 6) is 0.258. The van der Waals surface area contributed by atoms with Gasteiger partial charge in [0.1, 0.15) is 11.8 Å². The smallest absolute Gasteiger partial charge is 0.227 e. The van der Waals surface area contributed by atoms with Gasteiger partial charge in [-0.25, -0.2) is 0 Å². The maximum atomic E-state index is 12.7. The number of carbonyl (C=O) groups excluding carboxylic acids is 2. The quantitative estimate of drug-likeness (QED) is 0.766. The first-order valence-corrected chi connectivity index (χ1v) is 9.95. The first kappa shape index (κ1) is 20.4. The van der Waals surface area contributed by atoms with Gasteiger partial charge in [-0.2, -0.15) is 5.26 Å². The third-order valence-electron chi connectivity index (χ3n) is 5.22. The molecule has 0 bridgehead atoms. The summed E-state index contributed by atoms with van der Waals surface area (Å²) in [4.78, 5) is 25.3. The second-order valence-electron chi connectivity index (χ2n) is 7.11. The van der Waals surface area contributed by atoms with Crippen LogP contribution in [0.2, 0.25) is 0 Å². The van der Waals surface area contributed by atoms with Crippen molar-refractivity contribution in [3.05, 3.63) is 54.1 Å². The fourth-order valence-corrected chi connectivity index (χ4v) is 3.63. The van der Waals surface area contributed by atoms with Gasteiger partial charge in [-0.1, -0.05) is 24.3 Å². The number of anilines is 2. The zero-order valence-corrected chi connectivity index (χ0v) is 16.5. The van der Waals surface area contributed by atoms with Gasteiger partial charge in [-0.15, -0.1) is 0 Å². The lowest BCUT2D eigenvalue weighted by Crippen LogP contribution is -2.32. The summed E-state index contributed by atoms with van der Waals surface area (Å²) in [6.45, 7) is 2.43. The molecule has 0 heterocycles. The van der Waals surface area contributed by atoms with Crippen molar-refractivity contribution in [1.29, 1.82) is 5.26 Å². The average molecular weight is 391 g/mol. The Morgan fingerprint density at radius 1 is 0.931 bits per heavy atom. The van der Waals surface area contributed by atoms with Crippen molar-refractivity contribution in [3.8, 4) is 11.8 Å². The van der Waals surface area contributed by atoms with E-state index in [1.807, 2.05) is 31.2 Å². The number of hydrogen-bond donors (Lipinski definition) is 2. The van der Waals surface area contributed by atoms with Crippen LogP contribution in [0.4, 0.5) is 11.4 Å². The lowest BCUT2D eigenvalue weighted by atomic mass is 9.81. The van der Waals surface area contributed by atoms with Crippen molar-refractivity contribution in [1.82, 2.24) is 0 Å². The summed E-state index contributed by atoms with van der Waals surface area (Å²) in [6.07, 6.45) is 2.60. The minimum absolute atomic E-state index is 0.0363. The number of nitrogens with one attached hydrogen (secondary N) is 2. The van der Waals surface area contributed by atoms with Crippen molar-refractivity contribution in [3.63, 3.8) is 0 Å². The highest BCUT2D eigenvalue weighted by Gasteiger charge is 2.30. The molecule has 0 saturated heterocycles. The van der Waals surface area contributed by atoms with Gasteiger partial charge in [0.05, 0.1) is 23.5 Å². The predicted molar refractivity (Wildman–Crippen MR) is 111 cm³/mol. The summed E-state index contributed by atoms with van der Waals surface area (Å²) < 4.78 is 5.56. The Hall–Kier alpha value is -3.33. The number of amides is 2. The lowest BCUT2D eigenvalue weighted by molar-refractivity contribution is -0.125. The Morgan fingerprint density at radius 3 is 2.03 bits per heavy atom. The maximum absolute atomic E-state index is 12.7. The van der Waals surface area contributed by atoms with Crippen molar-refractivity contribution >= 4 is 23.2 Å². The van der Waals surface area contributed by atoms with Crippen LogP contribution >= 0.6 is 0 Å². The molecule has 6 nitrogen and oxygen atoms in total. The Bertz CT molecular complexity index is 912. The molecule has 0 aromatic heterocycles. The predicted octanol–water partition coefficient (Wildman–Crippen LogP) is 4.34. The molecule has 2 aromatic carbocycles. The highest BCUT2D eigenvalue weighted by molar-refractivity contribution is 5.95. The molecule has 29 heavy (non-hydrogen) atoms. The van der Waals surface area contributed by atoms with Crippen LogP contribution in [-0.4, -0.2) is 18.4 Å². The molecule has 0 aliphatic heterocycles. The van der Waals surface area contributed by atoms with Gasteiger partial charge in [0.2, 0.25) is 11.8 Å². The molecule has 1 aliphatic carbocycles. The maximum Gasteiger partial charge on any atom is 0.227 e. The van der Waals surface area contributed by atoms with Crippen LogP contribution in [-0.2, 0) is 9.59 Å². The molecule has 0 atom stereocenters. The van der Waals surface area contributed by atoms with Crippen LogP contribution < -0.4 is 15.4 Å². The van der Waals surface area contributed by atoms with E-state index in [0.29, 0.717) is 55.0 Å². The fraction of sp³-hybridized carbons (Fsp3) is 0.348. The topological polar surface area (TPSA) is 91.2 Å². The van der Waals surface area contributed by atoms with Crippen LogP contribution in [0.25, 0.3) is 0 Å². The van der Waals surface area contributed by atoms with Crippen molar-refractivity contribution < 1.29 is 14.3 Å². The van der Waals surface area contributed by atoms with E-state index in [1.54, 1.807) is 24.3 Å². The van der Waals surface area contributed by atoms with E-state index in [9.17, 15) is 9.59 Å². The third kappa shape index (κ3) is 5.14. The van der Waals surface area contributed by atoms with Gasteiger partial charge in [0.15, 0.2) is 0 Å². The molecule has 6 heteroatoms. The molecule has 0 spiro atoms. The number of carbonyl (C=O) groups is 2. The number of ether oxygens (including phenoxy) is 1. The molecule has 0 radical (unpaired) electrons. The van der Waals surface area contributed by atoms with E-state index in [-0.39, 0.29) is 23.7 Å². The Morgan fingerprint density at radius 2 is 1.45 bits per heavy atom. The molecule has 1 fully saturated rings. The second kappa shape index (κ2) is 9.74. The van der Waals surface area contributed by atoms with Crippen LogP contribution in [0.15, 0.2) is 48.5 Å². The van der Waals surface area contributed by atoms with E-state index in [1.165, 1.54) is 0 Å². The highest BCUT2D eigenvalue weighted by Crippen LogP contribution is 2.32. The van der Waals surface area contributed by atoms with Crippen LogP contribution in [0, 0.1) is 23.2 Å². The molecule has 150 valence electrons. The summed E-state index contributed by atoms with van der Waals surface area (Å²) in [5.41, 5.74) is 1.65. The Balaban J connectivity index is 1.54. The first-order chi connectivity index (χ1) is 14.1. The minimum atomic E-state index is -0.151. The van der Waals surface area contributed by atoms with Gasteiger partial charge in [-0.05, 0) is 56.9 Å². The number of benzene rings is 2. The number of nitriles is 1. The van der Waals surface area contributed by atoms with E-state index in [0.717, 1.165) is 0 Å². The first-order valence-electron chi connectivity index (χ1n) is 9.95. The van der Waals surface area contributed by atoms with Crippen LogP contribution in [0.5, 0.6) is 5.75 Å². The molecule has 0 unspecified atom stereocenters. The lowest BCUT2D eigenvalue weighted by Gasteiger charge is -2.27. The van der Waals surface area contributed by atoms with Gasteiger partial charge in [0, 0.05) is 11.8 Å². The summed E-state index contributed by atoms with van der Waals surface area (Å²) >= 11 is 0. The Labute approximate surface area is 170 Å². The van der Waals surface area contributed by atoms with Crippen LogP contribution in [0.1, 0.15) is 38.2 Å². The summed E-state index contributed by atoms with van der Waals surface area (Å²) in [6, 6.07) is 16.4. The fourth-order valence-electron chi connectivity index (χ4n) is 3.63. The number of hydrogen-bond acceptors (Lipinski definition) is 4. The normalized spacial score (nSPS) is 18.3. The largest absolute Gasteiger partial charge is 0.492 e. The molecule has 1 aliphatic rings. The Kier molecular flexibility index (Phi) is 6.85. The standard InChI is InChI=1S/C23H25N3O3/c1-2-29-21-10-6-5-9-20(21)26-23(28)17-13-11-16(12-14-17)22(27)25-19-8-4-3-7-18(19)15-24/h3-10,16-17H,2,11-14H2,1H3,(H,25,27)(H,26,28). The van der Waals surface area contributed by atoms with Gasteiger partial charge in [0.25, 0.3) is 0 Å². The molecule has 2 amide bonds. The van der Waals surface area contributed by atoms with E-state index in [4.69, 9.17) is 10.00 Å². The van der Waals surface area contributed by atoms with E-state index in [2.05, 4.69) is 16.7 Å². The molecular weight excluding hydrogens is 366 g/mol. The third-order valence-corrected chi connectivity index (χ3v) is 5.22. The van der Waals surface area contributed by atoms with E-state index >= 15 is 0 Å². The zero-order chi connectivity index (χ0) is 20.6. The molecule has 1 saturated carbocycles. The summed E-state index contributed by atoms with van der Waals surface area (Å²) in [5, 5.41) is 15.0. The van der Waals surface area contributed by atoms with Crippen molar-refractivity contribution in [2.24, 2.45) is 11.8 Å². The van der Waals surface area contributed by atoms with E-state index < -0.39 is 0 Å². The van der Waals surface area contributed by atoms with Gasteiger partial charge >= 0.3 is 0 Å². The molecule has 3 rings (SSSR count). The minimum Gasteiger partial charge on any atom is -0.492 e. The van der Waals surface area contributed by atoms with Gasteiger partial charge < -0.3 is 15.4 Å². The monoisotopic (exact) mass is 391 g/mol. The summed E-state index contributed by atoms with van der Waals surface area (Å²) in [7, 11) is 0. The molecule has 2 aromatic rings. The number of para-hydroxylation sites is 3.